The third kappa shape index (κ3) is 1.97. The van der Waals surface area contributed by atoms with E-state index < -0.39 is 0 Å². The summed E-state index contributed by atoms with van der Waals surface area (Å²) in [4.78, 5) is 0. The van der Waals surface area contributed by atoms with Crippen molar-refractivity contribution in [3.05, 3.63) is 24.0 Å². The minimum atomic E-state index is -0.269. The van der Waals surface area contributed by atoms with Gasteiger partial charge in [-0.2, -0.15) is 0 Å². The number of hydrogen-bond acceptors (Lipinski definition) is 2. The van der Waals surface area contributed by atoms with E-state index in [0.29, 0.717) is 16.8 Å². The molecule has 1 fully saturated rings. The maximum absolute atomic E-state index is 13.3. The predicted octanol–water partition coefficient (Wildman–Crippen LogP) is 2.62. The van der Waals surface area contributed by atoms with Gasteiger partial charge in [0, 0.05) is 12.2 Å². The Bertz CT molecular complexity index is 345. The van der Waals surface area contributed by atoms with Gasteiger partial charge >= 0.3 is 0 Å². The van der Waals surface area contributed by atoms with Crippen molar-refractivity contribution in [2.24, 2.45) is 5.41 Å². The fourth-order valence-electron chi connectivity index (χ4n) is 1.37. The molecule has 1 aliphatic carbocycles. The van der Waals surface area contributed by atoms with Gasteiger partial charge in [-0.15, -0.1) is 0 Å². The Labute approximate surface area is 83.3 Å². The van der Waals surface area contributed by atoms with Gasteiger partial charge in [0.15, 0.2) is 0 Å². The molecule has 0 atom stereocenters. The van der Waals surface area contributed by atoms with Crippen LogP contribution in [0.25, 0.3) is 0 Å². The quantitative estimate of drug-likeness (QED) is 0.726. The molecule has 2 rings (SSSR count). The first-order chi connectivity index (χ1) is 6.59. The van der Waals surface area contributed by atoms with Crippen LogP contribution >= 0.6 is 0 Å². The molecule has 0 unspecified atom stereocenters. The Morgan fingerprint density at radius 1 is 1.50 bits per heavy atom. The molecule has 1 aliphatic rings. The largest absolute Gasteiger partial charge is 0.399 e. The average Bonchev–Trinajstić information content (AvgIpc) is 2.83. The molecule has 0 aliphatic heterocycles. The van der Waals surface area contributed by atoms with Crippen LogP contribution < -0.4 is 11.1 Å². The topological polar surface area (TPSA) is 38.0 Å². The molecule has 1 aromatic carbocycles. The highest BCUT2D eigenvalue weighted by molar-refractivity contribution is 5.52. The second kappa shape index (κ2) is 3.15. The summed E-state index contributed by atoms with van der Waals surface area (Å²) < 4.78 is 13.3. The molecule has 0 heterocycles. The second-order valence-corrected chi connectivity index (χ2v) is 4.40. The van der Waals surface area contributed by atoms with Gasteiger partial charge in [-0.25, -0.2) is 4.39 Å². The van der Waals surface area contributed by atoms with E-state index in [-0.39, 0.29) is 5.82 Å². The van der Waals surface area contributed by atoms with Crippen molar-refractivity contribution in [3.8, 4) is 0 Å². The van der Waals surface area contributed by atoms with Crippen LogP contribution in [0.15, 0.2) is 18.2 Å². The number of nitrogens with two attached hydrogens (primary N) is 1. The molecule has 1 aromatic rings. The lowest BCUT2D eigenvalue weighted by Gasteiger charge is -2.12. The van der Waals surface area contributed by atoms with Gasteiger partial charge in [-0.05, 0) is 36.5 Å². The number of rotatable bonds is 3. The van der Waals surface area contributed by atoms with Crippen molar-refractivity contribution in [2.45, 2.75) is 19.8 Å². The lowest BCUT2D eigenvalue weighted by molar-refractivity contribution is 0.597. The molecule has 0 spiro atoms. The molecular weight excluding hydrogens is 179 g/mol. The minimum Gasteiger partial charge on any atom is -0.399 e. The minimum absolute atomic E-state index is 0.269. The van der Waals surface area contributed by atoms with E-state index in [0.717, 1.165) is 6.54 Å². The normalized spacial score (nSPS) is 17.9. The van der Waals surface area contributed by atoms with E-state index in [4.69, 9.17) is 5.73 Å². The Kier molecular flexibility index (Phi) is 2.10. The highest BCUT2D eigenvalue weighted by Crippen LogP contribution is 2.44. The average molecular weight is 194 g/mol. The fourth-order valence-corrected chi connectivity index (χ4v) is 1.37. The van der Waals surface area contributed by atoms with Gasteiger partial charge in [0.05, 0.1) is 5.69 Å². The molecule has 0 aromatic heterocycles. The first-order valence-corrected chi connectivity index (χ1v) is 4.88. The fraction of sp³-hybridized carbons (Fsp3) is 0.455. The lowest BCUT2D eigenvalue weighted by atomic mass is 10.1. The first kappa shape index (κ1) is 9.31. The molecule has 0 radical (unpaired) electrons. The summed E-state index contributed by atoms with van der Waals surface area (Å²) in [6, 6.07) is 4.74. The van der Waals surface area contributed by atoms with E-state index in [1.807, 2.05) is 0 Å². The molecule has 14 heavy (non-hydrogen) atoms. The number of anilines is 2. The summed E-state index contributed by atoms with van der Waals surface area (Å²) in [6.45, 7) is 3.04. The van der Waals surface area contributed by atoms with E-state index in [2.05, 4.69) is 12.2 Å². The summed E-state index contributed by atoms with van der Waals surface area (Å²) in [5.74, 6) is -0.269. The van der Waals surface area contributed by atoms with E-state index in [1.54, 1.807) is 12.1 Å². The lowest BCUT2D eigenvalue weighted by Crippen LogP contribution is -2.12. The Morgan fingerprint density at radius 3 is 2.79 bits per heavy atom. The second-order valence-electron chi connectivity index (χ2n) is 4.40. The molecule has 0 saturated heterocycles. The van der Waals surface area contributed by atoms with Gasteiger partial charge < -0.3 is 11.1 Å². The van der Waals surface area contributed by atoms with Gasteiger partial charge in [0.25, 0.3) is 0 Å². The molecule has 3 N–H and O–H groups in total. The van der Waals surface area contributed by atoms with Crippen molar-refractivity contribution in [1.29, 1.82) is 0 Å². The van der Waals surface area contributed by atoms with Crippen LogP contribution in [-0.4, -0.2) is 6.54 Å². The van der Waals surface area contributed by atoms with Crippen molar-refractivity contribution >= 4 is 11.4 Å². The predicted molar refractivity (Wildman–Crippen MR) is 56.6 cm³/mol. The van der Waals surface area contributed by atoms with E-state index >= 15 is 0 Å². The van der Waals surface area contributed by atoms with E-state index in [1.165, 1.54) is 18.9 Å². The van der Waals surface area contributed by atoms with Crippen molar-refractivity contribution in [3.63, 3.8) is 0 Å². The number of nitrogens with one attached hydrogen (secondary N) is 1. The standard InChI is InChI=1S/C11H15FN2/c1-11(4-5-11)7-14-10-3-2-8(13)6-9(10)12/h2-3,6,14H,4-5,7,13H2,1H3. The number of benzene rings is 1. The Balaban J connectivity index is 2.02. The van der Waals surface area contributed by atoms with Gasteiger partial charge in [-0.1, -0.05) is 6.92 Å². The smallest absolute Gasteiger partial charge is 0.148 e. The maximum Gasteiger partial charge on any atom is 0.148 e. The van der Waals surface area contributed by atoms with Crippen molar-refractivity contribution in [2.75, 3.05) is 17.6 Å². The third-order valence-electron chi connectivity index (χ3n) is 2.80. The molecular formula is C11H15FN2. The van der Waals surface area contributed by atoms with Crippen LogP contribution in [0.5, 0.6) is 0 Å². The molecule has 2 nitrogen and oxygen atoms in total. The van der Waals surface area contributed by atoms with Crippen LogP contribution in [0.2, 0.25) is 0 Å². The zero-order valence-corrected chi connectivity index (χ0v) is 8.31. The summed E-state index contributed by atoms with van der Waals surface area (Å²) in [5.41, 5.74) is 6.85. The summed E-state index contributed by atoms with van der Waals surface area (Å²) in [6.07, 6.45) is 2.47. The Hall–Kier alpha value is -1.25. The van der Waals surface area contributed by atoms with Crippen molar-refractivity contribution in [1.82, 2.24) is 0 Å². The summed E-state index contributed by atoms with van der Waals surface area (Å²) in [7, 11) is 0. The highest BCUT2D eigenvalue weighted by Gasteiger charge is 2.36. The molecule has 1 saturated carbocycles. The van der Waals surface area contributed by atoms with Crippen LogP contribution in [0, 0.1) is 11.2 Å². The maximum atomic E-state index is 13.3. The molecule has 0 bridgehead atoms. The molecule has 3 heteroatoms. The number of hydrogen-bond donors (Lipinski definition) is 2. The number of halogens is 1. The van der Waals surface area contributed by atoms with Crippen LogP contribution in [0.1, 0.15) is 19.8 Å². The third-order valence-corrected chi connectivity index (χ3v) is 2.80. The van der Waals surface area contributed by atoms with Crippen LogP contribution in [0.3, 0.4) is 0 Å². The summed E-state index contributed by atoms with van der Waals surface area (Å²) in [5, 5.41) is 3.11. The van der Waals surface area contributed by atoms with Crippen LogP contribution in [0.4, 0.5) is 15.8 Å². The molecule has 76 valence electrons. The molecule has 0 amide bonds. The van der Waals surface area contributed by atoms with Crippen molar-refractivity contribution < 1.29 is 4.39 Å². The summed E-state index contributed by atoms with van der Waals surface area (Å²) >= 11 is 0. The zero-order valence-electron chi connectivity index (χ0n) is 8.31. The SMILES string of the molecule is CC1(CNc2ccc(N)cc2F)CC1. The Morgan fingerprint density at radius 2 is 2.21 bits per heavy atom. The van der Waals surface area contributed by atoms with Gasteiger partial charge in [0.2, 0.25) is 0 Å². The zero-order chi connectivity index (χ0) is 10.2. The number of nitrogen functional groups attached to an aromatic ring is 1. The highest BCUT2D eigenvalue weighted by atomic mass is 19.1. The van der Waals surface area contributed by atoms with Gasteiger partial charge in [0.1, 0.15) is 5.82 Å². The van der Waals surface area contributed by atoms with Gasteiger partial charge in [-0.3, -0.25) is 0 Å². The van der Waals surface area contributed by atoms with Crippen LogP contribution in [-0.2, 0) is 0 Å². The monoisotopic (exact) mass is 194 g/mol. The first-order valence-electron chi connectivity index (χ1n) is 4.88. The van der Waals surface area contributed by atoms with E-state index in [9.17, 15) is 4.39 Å².